The molecule has 0 bridgehead atoms. The van der Waals surface area contributed by atoms with Crippen LogP contribution in [0.3, 0.4) is 0 Å². The summed E-state index contributed by atoms with van der Waals surface area (Å²) in [5.41, 5.74) is 1.95. The van der Waals surface area contributed by atoms with Gasteiger partial charge >= 0.3 is 0 Å². The number of tetrazole rings is 1. The first kappa shape index (κ1) is 17.1. The summed E-state index contributed by atoms with van der Waals surface area (Å²) in [5.74, 6) is 0.515. The maximum absolute atomic E-state index is 12.1. The Bertz CT molecular complexity index is 849. The standard InChI is InChI=1S/C18H18ClN5O/c1-13(14-6-3-2-4-7-14)11-20-17(25)12-24-22-18(21-23-24)15-8-5-9-16(19)10-15/h2-10,13H,11-12H2,1H3,(H,20,25)/t13-/m1/s1. The second kappa shape index (κ2) is 7.90. The Kier molecular flexibility index (Phi) is 5.40. The third-order valence-corrected chi connectivity index (χ3v) is 4.03. The van der Waals surface area contributed by atoms with Gasteiger partial charge in [-0.1, -0.05) is 61.0 Å². The largest absolute Gasteiger partial charge is 0.354 e. The number of hydrogen-bond acceptors (Lipinski definition) is 4. The second-order valence-electron chi connectivity index (χ2n) is 5.77. The monoisotopic (exact) mass is 355 g/mol. The molecule has 3 rings (SSSR count). The average Bonchev–Trinajstić information content (AvgIpc) is 3.09. The Morgan fingerprint density at radius 3 is 2.76 bits per heavy atom. The Morgan fingerprint density at radius 2 is 2.00 bits per heavy atom. The molecule has 1 atom stereocenters. The van der Waals surface area contributed by atoms with Gasteiger partial charge in [0, 0.05) is 17.1 Å². The number of carbonyl (C=O) groups is 1. The van der Waals surface area contributed by atoms with Gasteiger partial charge in [-0.3, -0.25) is 4.79 Å². The van der Waals surface area contributed by atoms with Gasteiger partial charge in [-0.15, -0.1) is 10.2 Å². The van der Waals surface area contributed by atoms with E-state index in [0.717, 1.165) is 5.56 Å². The second-order valence-corrected chi connectivity index (χ2v) is 6.21. The highest BCUT2D eigenvalue weighted by Gasteiger charge is 2.11. The summed E-state index contributed by atoms with van der Waals surface area (Å²) in [6.45, 7) is 2.65. The quantitative estimate of drug-likeness (QED) is 0.738. The summed E-state index contributed by atoms with van der Waals surface area (Å²) >= 11 is 5.96. The molecule has 3 aromatic rings. The third kappa shape index (κ3) is 4.64. The van der Waals surface area contributed by atoms with Crippen LogP contribution in [-0.2, 0) is 11.3 Å². The van der Waals surface area contributed by atoms with Crippen LogP contribution in [0.4, 0.5) is 0 Å². The summed E-state index contributed by atoms with van der Waals surface area (Å²) < 4.78 is 0. The molecule has 1 amide bonds. The third-order valence-electron chi connectivity index (χ3n) is 3.79. The summed E-state index contributed by atoms with van der Waals surface area (Å²) in [4.78, 5) is 13.4. The molecule has 0 spiro atoms. The van der Waals surface area contributed by atoms with Crippen molar-refractivity contribution in [2.75, 3.05) is 6.54 Å². The van der Waals surface area contributed by atoms with E-state index >= 15 is 0 Å². The number of nitrogens with one attached hydrogen (secondary N) is 1. The summed E-state index contributed by atoms with van der Waals surface area (Å²) in [6.07, 6.45) is 0. The van der Waals surface area contributed by atoms with E-state index in [0.29, 0.717) is 17.4 Å². The maximum Gasteiger partial charge on any atom is 0.243 e. The first-order chi connectivity index (χ1) is 12.1. The molecule has 0 saturated heterocycles. The molecule has 1 N–H and O–H groups in total. The van der Waals surface area contributed by atoms with Crippen LogP contribution in [0.25, 0.3) is 11.4 Å². The molecule has 0 fully saturated rings. The van der Waals surface area contributed by atoms with Crippen molar-refractivity contribution in [2.45, 2.75) is 19.4 Å². The van der Waals surface area contributed by atoms with E-state index in [2.05, 4.69) is 27.7 Å². The van der Waals surface area contributed by atoms with Crippen LogP contribution in [0.1, 0.15) is 18.4 Å². The lowest BCUT2D eigenvalue weighted by molar-refractivity contribution is -0.122. The highest BCUT2D eigenvalue weighted by Crippen LogP contribution is 2.18. The normalized spacial score (nSPS) is 11.9. The molecule has 25 heavy (non-hydrogen) atoms. The molecule has 128 valence electrons. The van der Waals surface area contributed by atoms with Gasteiger partial charge < -0.3 is 5.32 Å². The van der Waals surface area contributed by atoms with Crippen molar-refractivity contribution >= 4 is 17.5 Å². The molecule has 0 saturated carbocycles. The van der Waals surface area contributed by atoms with E-state index in [1.165, 1.54) is 10.4 Å². The van der Waals surface area contributed by atoms with Crippen molar-refractivity contribution in [1.82, 2.24) is 25.5 Å². The lowest BCUT2D eigenvalue weighted by Gasteiger charge is -2.12. The lowest BCUT2D eigenvalue weighted by atomic mass is 10.0. The van der Waals surface area contributed by atoms with Crippen molar-refractivity contribution in [3.05, 3.63) is 65.2 Å². The minimum Gasteiger partial charge on any atom is -0.354 e. The molecule has 0 radical (unpaired) electrons. The van der Waals surface area contributed by atoms with Crippen LogP contribution in [0.5, 0.6) is 0 Å². The van der Waals surface area contributed by atoms with Crippen molar-refractivity contribution < 1.29 is 4.79 Å². The van der Waals surface area contributed by atoms with Gasteiger partial charge in [-0.2, -0.15) is 4.80 Å². The topological polar surface area (TPSA) is 72.7 Å². The molecule has 1 heterocycles. The Morgan fingerprint density at radius 1 is 1.20 bits per heavy atom. The molecule has 6 nitrogen and oxygen atoms in total. The zero-order chi connectivity index (χ0) is 17.6. The van der Waals surface area contributed by atoms with Crippen molar-refractivity contribution in [1.29, 1.82) is 0 Å². The Balaban J connectivity index is 1.55. The van der Waals surface area contributed by atoms with Crippen molar-refractivity contribution in [2.24, 2.45) is 0 Å². The summed E-state index contributed by atoms with van der Waals surface area (Å²) in [6, 6.07) is 17.2. The predicted octanol–water partition coefficient (Wildman–Crippen LogP) is 2.91. The average molecular weight is 356 g/mol. The highest BCUT2D eigenvalue weighted by atomic mass is 35.5. The van der Waals surface area contributed by atoms with E-state index in [9.17, 15) is 4.79 Å². The van der Waals surface area contributed by atoms with Crippen LogP contribution in [0, 0.1) is 0 Å². The van der Waals surface area contributed by atoms with Gasteiger partial charge in [0.25, 0.3) is 0 Å². The smallest absolute Gasteiger partial charge is 0.243 e. The fourth-order valence-electron chi connectivity index (χ4n) is 2.40. The lowest BCUT2D eigenvalue weighted by Crippen LogP contribution is -2.31. The fraction of sp³-hybridized carbons (Fsp3) is 0.222. The van der Waals surface area contributed by atoms with Gasteiger partial charge in [0.15, 0.2) is 0 Å². The zero-order valence-corrected chi connectivity index (χ0v) is 14.5. The van der Waals surface area contributed by atoms with Gasteiger partial charge in [-0.05, 0) is 28.8 Å². The van der Waals surface area contributed by atoms with Gasteiger partial charge in [0.1, 0.15) is 6.54 Å². The van der Waals surface area contributed by atoms with E-state index in [1.807, 2.05) is 42.5 Å². The number of rotatable bonds is 6. The first-order valence-electron chi connectivity index (χ1n) is 7.97. The molecule has 1 aromatic heterocycles. The molecule has 0 aliphatic rings. The molecule has 7 heteroatoms. The number of hydrogen-bond donors (Lipinski definition) is 1. The van der Waals surface area contributed by atoms with E-state index in [4.69, 9.17) is 11.6 Å². The predicted molar refractivity (Wildman–Crippen MR) is 96.1 cm³/mol. The minimum atomic E-state index is -0.155. The van der Waals surface area contributed by atoms with Crippen LogP contribution >= 0.6 is 11.6 Å². The highest BCUT2D eigenvalue weighted by molar-refractivity contribution is 6.30. The van der Waals surface area contributed by atoms with Crippen molar-refractivity contribution in [3.63, 3.8) is 0 Å². The van der Waals surface area contributed by atoms with E-state index < -0.39 is 0 Å². The number of amides is 1. The summed E-state index contributed by atoms with van der Waals surface area (Å²) in [5, 5.41) is 15.6. The molecule has 2 aromatic carbocycles. The zero-order valence-electron chi connectivity index (χ0n) is 13.8. The van der Waals surface area contributed by atoms with Crippen LogP contribution in [0.15, 0.2) is 54.6 Å². The molecule has 0 aliphatic heterocycles. The van der Waals surface area contributed by atoms with E-state index in [-0.39, 0.29) is 18.4 Å². The summed E-state index contributed by atoms with van der Waals surface area (Å²) in [7, 11) is 0. The van der Waals surface area contributed by atoms with Crippen LogP contribution < -0.4 is 5.32 Å². The molecular formula is C18H18ClN5O. The van der Waals surface area contributed by atoms with Crippen molar-refractivity contribution in [3.8, 4) is 11.4 Å². The Hall–Kier alpha value is -2.73. The Labute approximate surface area is 150 Å². The van der Waals surface area contributed by atoms with Crippen LogP contribution in [0.2, 0.25) is 5.02 Å². The van der Waals surface area contributed by atoms with Crippen LogP contribution in [-0.4, -0.2) is 32.7 Å². The molecular weight excluding hydrogens is 338 g/mol. The SMILES string of the molecule is C[C@H](CNC(=O)Cn1nnc(-c2cccc(Cl)c2)n1)c1ccccc1. The van der Waals surface area contributed by atoms with Gasteiger partial charge in [0.05, 0.1) is 0 Å². The van der Waals surface area contributed by atoms with Gasteiger partial charge in [-0.25, -0.2) is 0 Å². The fourth-order valence-corrected chi connectivity index (χ4v) is 2.59. The maximum atomic E-state index is 12.1. The number of halogens is 1. The number of carbonyl (C=O) groups excluding carboxylic acids is 1. The number of nitrogens with zero attached hydrogens (tertiary/aromatic N) is 4. The number of aromatic nitrogens is 4. The van der Waals surface area contributed by atoms with E-state index in [1.54, 1.807) is 12.1 Å². The van der Waals surface area contributed by atoms with Gasteiger partial charge in [0.2, 0.25) is 11.7 Å². The molecule has 0 aliphatic carbocycles. The molecule has 0 unspecified atom stereocenters. The number of benzene rings is 2. The minimum absolute atomic E-state index is 0.0229. The first-order valence-corrected chi connectivity index (χ1v) is 8.35.